The Hall–Kier alpha value is -1.85. The summed E-state index contributed by atoms with van der Waals surface area (Å²) in [6, 6.07) is 8.00. The zero-order valence-electron chi connectivity index (χ0n) is 14.0. The van der Waals surface area contributed by atoms with Crippen LogP contribution in [-0.2, 0) is 16.5 Å². The molecule has 0 radical (unpaired) electrons. The molecule has 1 saturated heterocycles. The van der Waals surface area contributed by atoms with Gasteiger partial charge >= 0.3 is 0 Å². The van der Waals surface area contributed by atoms with Gasteiger partial charge in [0.25, 0.3) is 5.91 Å². The molecule has 5 nitrogen and oxygen atoms in total. The molecule has 5 heteroatoms. The summed E-state index contributed by atoms with van der Waals surface area (Å²) in [5.41, 5.74) is 1.79. The Morgan fingerprint density at radius 3 is 3.00 bits per heavy atom. The van der Waals surface area contributed by atoms with Gasteiger partial charge in [0.2, 0.25) is 0 Å². The summed E-state index contributed by atoms with van der Waals surface area (Å²) in [7, 11) is 1.97. The molecule has 1 aromatic heterocycles. The van der Waals surface area contributed by atoms with E-state index in [-0.39, 0.29) is 18.1 Å². The van der Waals surface area contributed by atoms with Crippen LogP contribution in [0.2, 0.25) is 0 Å². The van der Waals surface area contributed by atoms with Gasteiger partial charge in [-0.2, -0.15) is 0 Å². The van der Waals surface area contributed by atoms with E-state index in [4.69, 9.17) is 9.47 Å². The van der Waals surface area contributed by atoms with Crippen LogP contribution in [0.25, 0.3) is 10.9 Å². The van der Waals surface area contributed by atoms with E-state index in [0.717, 1.165) is 29.5 Å². The van der Waals surface area contributed by atoms with Gasteiger partial charge in [0.1, 0.15) is 6.10 Å². The van der Waals surface area contributed by atoms with Crippen molar-refractivity contribution in [2.75, 3.05) is 19.8 Å². The summed E-state index contributed by atoms with van der Waals surface area (Å²) in [4.78, 5) is 12.8. The first-order valence-corrected chi connectivity index (χ1v) is 8.76. The highest BCUT2D eigenvalue weighted by Gasteiger charge is 2.31. The molecular formula is C19H24N2O3. The van der Waals surface area contributed by atoms with Crippen LogP contribution < -0.4 is 5.32 Å². The second-order valence-electron chi connectivity index (χ2n) is 6.93. The molecule has 0 unspecified atom stereocenters. The fourth-order valence-corrected chi connectivity index (χ4v) is 3.35. The number of aryl methyl sites for hydroxylation is 1. The second kappa shape index (κ2) is 6.57. The Kier molecular flexibility index (Phi) is 4.29. The molecule has 2 aromatic rings. The summed E-state index contributed by atoms with van der Waals surface area (Å²) >= 11 is 0. The maximum absolute atomic E-state index is 12.8. The summed E-state index contributed by atoms with van der Waals surface area (Å²) < 4.78 is 13.5. The number of carbonyl (C=O) groups is 1. The standard InChI is InChI=1S/C19H24N2O3/c1-21-10-15(14-4-2-3-5-17(14)21)19(22)20-16-8-9-23-12-18(16)24-11-13-6-7-13/h2-5,10,13,16,18H,6-9,11-12H2,1H3,(H,20,22)/t16-,18-/m1/s1. The first-order valence-electron chi connectivity index (χ1n) is 8.76. The fraction of sp³-hybridized carbons (Fsp3) is 0.526. The van der Waals surface area contributed by atoms with Gasteiger partial charge in [0, 0.05) is 37.4 Å². The highest BCUT2D eigenvalue weighted by molar-refractivity contribution is 6.07. The zero-order chi connectivity index (χ0) is 16.5. The van der Waals surface area contributed by atoms with Crippen LogP contribution in [-0.4, -0.2) is 42.4 Å². The largest absolute Gasteiger partial charge is 0.379 e. The van der Waals surface area contributed by atoms with E-state index >= 15 is 0 Å². The first-order chi connectivity index (χ1) is 11.7. The number of hydrogen-bond acceptors (Lipinski definition) is 3. The maximum atomic E-state index is 12.8. The van der Waals surface area contributed by atoms with E-state index < -0.39 is 0 Å². The minimum atomic E-state index is -0.0433. The normalized spacial score (nSPS) is 24.2. The molecule has 1 aliphatic carbocycles. The van der Waals surface area contributed by atoms with Crippen molar-refractivity contribution in [1.29, 1.82) is 0 Å². The summed E-state index contributed by atoms with van der Waals surface area (Å²) in [6.07, 6.45) is 5.19. The molecule has 1 saturated carbocycles. The van der Waals surface area contributed by atoms with E-state index in [1.807, 2.05) is 42.1 Å². The van der Waals surface area contributed by atoms with E-state index in [2.05, 4.69) is 5.32 Å². The molecule has 1 aromatic carbocycles. The quantitative estimate of drug-likeness (QED) is 0.917. The number of hydrogen-bond donors (Lipinski definition) is 1. The molecule has 0 bridgehead atoms. The maximum Gasteiger partial charge on any atom is 0.253 e. The SMILES string of the molecule is Cn1cc(C(=O)N[C@@H]2CCOC[C@H]2OCC2CC2)c2ccccc21. The predicted octanol–water partition coefficient (Wildman–Crippen LogP) is 2.49. The van der Waals surface area contributed by atoms with E-state index in [9.17, 15) is 4.79 Å². The third-order valence-electron chi connectivity index (χ3n) is 5.01. The lowest BCUT2D eigenvalue weighted by atomic mass is 10.0. The third-order valence-corrected chi connectivity index (χ3v) is 5.01. The summed E-state index contributed by atoms with van der Waals surface area (Å²) in [5, 5.41) is 4.16. The third kappa shape index (κ3) is 3.19. The number of fused-ring (bicyclic) bond motifs is 1. The number of amides is 1. The molecule has 24 heavy (non-hydrogen) atoms. The Bertz CT molecular complexity index is 735. The average Bonchev–Trinajstić information content (AvgIpc) is 3.37. The number of carbonyl (C=O) groups excluding carboxylic acids is 1. The molecule has 0 spiro atoms. The fourth-order valence-electron chi connectivity index (χ4n) is 3.35. The van der Waals surface area contributed by atoms with Crippen molar-refractivity contribution >= 4 is 16.8 Å². The van der Waals surface area contributed by atoms with Gasteiger partial charge in [-0.3, -0.25) is 4.79 Å². The highest BCUT2D eigenvalue weighted by atomic mass is 16.5. The Labute approximate surface area is 141 Å². The van der Waals surface area contributed by atoms with Crippen molar-refractivity contribution in [3.05, 3.63) is 36.0 Å². The van der Waals surface area contributed by atoms with Crippen molar-refractivity contribution in [1.82, 2.24) is 9.88 Å². The van der Waals surface area contributed by atoms with Crippen LogP contribution in [0.5, 0.6) is 0 Å². The minimum absolute atomic E-state index is 0.0176. The number of ether oxygens (including phenoxy) is 2. The number of nitrogens with zero attached hydrogens (tertiary/aromatic N) is 1. The van der Waals surface area contributed by atoms with Crippen molar-refractivity contribution in [2.24, 2.45) is 13.0 Å². The summed E-state index contributed by atoms with van der Waals surface area (Å²) in [5.74, 6) is 0.681. The molecule has 4 rings (SSSR count). The van der Waals surface area contributed by atoms with Crippen molar-refractivity contribution < 1.29 is 14.3 Å². The van der Waals surface area contributed by atoms with Crippen LogP contribution in [0.15, 0.2) is 30.5 Å². The second-order valence-corrected chi connectivity index (χ2v) is 6.93. The van der Waals surface area contributed by atoms with Crippen molar-refractivity contribution in [3.63, 3.8) is 0 Å². The molecule has 1 amide bonds. The van der Waals surface area contributed by atoms with Gasteiger partial charge < -0.3 is 19.4 Å². The predicted molar refractivity (Wildman–Crippen MR) is 92.1 cm³/mol. The average molecular weight is 328 g/mol. The molecule has 128 valence electrons. The molecule has 1 aliphatic heterocycles. The van der Waals surface area contributed by atoms with Crippen LogP contribution in [0.4, 0.5) is 0 Å². The van der Waals surface area contributed by atoms with Crippen LogP contribution >= 0.6 is 0 Å². The molecule has 1 N–H and O–H groups in total. The molecule has 2 atom stereocenters. The lowest BCUT2D eigenvalue weighted by molar-refractivity contribution is -0.0697. The number of rotatable bonds is 5. The van der Waals surface area contributed by atoms with Gasteiger partial charge in [0.15, 0.2) is 0 Å². The van der Waals surface area contributed by atoms with Gasteiger partial charge in [-0.25, -0.2) is 0 Å². The van der Waals surface area contributed by atoms with E-state index in [0.29, 0.717) is 19.1 Å². The van der Waals surface area contributed by atoms with Crippen molar-refractivity contribution in [2.45, 2.75) is 31.4 Å². The Balaban J connectivity index is 1.48. The number of nitrogens with one attached hydrogen (secondary N) is 1. The summed E-state index contributed by atoms with van der Waals surface area (Å²) in [6.45, 7) is 2.02. The topological polar surface area (TPSA) is 52.5 Å². The number of aromatic nitrogens is 1. The number of para-hydroxylation sites is 1. The van der Waals surface area contributed by atoms with Gasteiger partial charge in [-0.1, -0.05) is 18.2 Å². The monoisotopic (exact) mass is 328 g/mol. The van der Waals surface area contributed by atoms with Crippen LogP contribution in [0.1, 0.15) is 29.6 Å². The van der Waals surface area contributed by atoms with Crippen molar-refractivity contribution in [3.8, 4) is 0 Å². The Morgan fingerprint density at radius 1 is 1.33 bits per heavy atom. The first kappa shape index (κ1) is 15.7. The van der Waals surface area contributed by atoms with E-state index in [1.54, 1.807) is 0 Å². The number of benzene rings is 1. The zero-order valence-corrected chi connectivity index (χ0v) is 14.0. The molecular weight excluding hydrogens is 304 g/mol. The van der Waals surface area contributed by atoms with Gasteiger partial charge in [-0.15, -0.1) is 0 Å². The van der Waals surface area contributed by atoms with Crippen LogP contribution in [0, 0.1) is 5.92 Å². The highest BCUT2D eigenvalue weighted by Crippen LogP contribution is 2.30. The lowest BCUT2D eigenvalue weighted by Gasteiger charge is -2.32. The molecule has 2 fully saturated rings. The van der Waals surface area contributed by atoms with E-state index in [1.165, 1.54) is 12.8 Å². The molecule has 2 aliphatic rings. The minimum Gasteiger partial charge on any atom is -0.379 e. The molecule has 2 heterocycles. The van der Waals surface area contributed by atoms with Gasteiger partial charge in [0.05, 0.1) is 18.2 Å². The Morgan fingerprint density at radius 2 is 2.17 bits per heavy atom. The smallest absolute Gasteiger partial charge is 0.253 e. The lowest BCUT2D eigenvalue weighted by Crippen LogP contribution is -2.50. The van der Waals surface area contributed by atoms with Gasteiger partial charge in [-0.05, 0) is 31.2 Å². The van der Waals surface area contributed by atoms with Crippen LogP contribution in [0.3, 0.4) is 0 Å².